The molecule has 1 rings (SSSR count). The van der Waals surface area contributed by atoms with E-state index in [1.807, 2.05) is 0 Å². The lowest BCUT2D eigenvalue weighted by Gasteiger charge is -2.16. The summed E-state index contributed by atoms with van der Waals surface area (Å²) >= 11 is 0. The first kappa shape index (κ1) is 13.3. The van der Waals surface area contributed by atoms with Gasteiger partial charge in [0, 0.05) is 6.20 Å². The minimum absolute atomic E-state index is 0.203. The summed E-state index contributed by atoms with van der Waals surface area (Å²) in [6, 6.07) is 2.54. The molecule has 1 heterocycles. The van der Waals surface area contributed by atoms with Gasteiger partial charge in [-0.2, -0.15) is 0 Å². The number of aromatic nitrogens is 1. The Balaban J connectivity index is 3.00. The lowest BCUT2D eigenvalue weighted by Crippen LogP contribution is -2.30. The zero-order valence-corrected chi connectivity index (χ0v) is 10.5. The third-order valence-corrected chi connectivity index (χ3v) is 2.27. The number of hydrogen-bond acceptors (Lipinski definition) is 4. The average Bonchev–Trinajstić information content (AvgIpc) is 2.27. The number of hydrogen-bond donors (Lipinski definition) is 0. The van der Waals surface area contributed by atoms with E-state index < -0.39 is 12.0 Å². The second-order valence-electron chi connectivity index (χ2n) is 3.95. The zero-order valence-electron chi connectivity index (χ0n) is 10.5. The van der Waals surface area contributed by atoms with E-state index in [-0.39, 0.29) is 17.4 Å². The van der Waals surface area contributed by atoms with Crippen molar-refractivity contribution < 1.29 is 14.3 Å². The maximum absolute atomic E-state index is 11.9. The monoisotopic (exact) mass is 239 g/mol. The second-order valence-corrected chi connectivity index (χ2v) is 3.95. The van der Waals surface area contributed by atoms with Crippen molar-refractivity contribution in [3.63, 3.8) is 0 Å². The summed E-state index contributed by atoms with van der Waals surface area (Å²) in [7, 11) is 1.41. The largest absolute Gasteiger partial charge is 0.491 e. The maximum atomic E-state index is 11.9. The fourth-order valence-corrected chi connectivity index (χ4v) is 1.39. The van der Waals surface area contributed by atoms with Crippen LogP contribution in [0.15, 0.2) is 23.1 Å². The lowest BCUT2D eigenvalue weighted by molar-refractivity contribution is -0.151. The van der Waals surface area contributed by atoms with Crippen LogP contribution in [0, 0.1) is 0 Å². The molecule has 0 N–H and O–H groups in total. The molecule has 1 atom stereocenters. The van der Waals surface area contributed by atoms with Gasteiger partial charge in [-0.3, -0.25) is 9.36 Å². The van der Waals surface area contributed by atoms with Gasteiger partial charge >= 0.3 is 5.97 Å². The molecule has 0 aliphatic rings. The molecule has 0 saturated heterocycles. The average molecular weight is 239 g/mol. The molecule has 1 aromatic heterocycles. The normalized spacial score (nSPS) is 12.3. The summed E-state index contributed by atoms with van der Waals surface area (Å²) in [6.45, 7) is 5.14. The number of carbonyl (C=O) groups excluding carboxylic acids is 1. The summed E-state index contributed by atoms with van der Waals surface area (Å²) in [5, 5.41) is 0. The minimum atomic E-state index is -0.667. The smallest absolute Gasteiger partial charge is 0.329 e. The van der Waals surface area contributed by atoms with E-state index in [1.54, 1.807) is 32.9 Å². The van der Waals surface area contributed by atoms with Gasteiger partial charge in [0.15, 0.2) is 5.75 Å². The van der Waals surface area contributed by atoms with Crippen molar-refractivity contribution in [1.82, 2.24) is 4.57 Å². The molecular weight excluding hydrogens is 222 g/mol. The quantitative estimate of drug-likeness (QED) is 0.745. The van der Waals surface area contributed by atoms with Crippen LogP contribution >= 0.6 is 0 Å². The number of carbonyl (C=O) groups is 1. The van der Waals surface area contributed by atoms with Gasteiger partial charge in [0.25, 0.3) is 5.56 Å². The Morgan fingerprint density at radius 3 is 2.53 bits per heavy atom. The molecule has 17 heavy (non-hydrogen) atoms. The molecule has 1 unspecified atom stereocenters. The summed E-state index contributed by atoms with van der Waals surface area (Å²) in [6.07, 6.45) is 1.34. The van der Waals surface area contributed by atoms with E-state index in [0.717, 1.165) is 0 Å². The highest BCUT2D eigenvalue weighted by Crippen LogP contribution is 2.09. The SMILES string of the molecule is COc1cccn(C(C)C(=O)OC(C)C)c1=O. The van der Waals surface area contributed by atoms with Gasteiger partial charge < -0.3 is 9.47 Å². The van der Waals surface area contributed by atoms with Gasteiger partial charge in [0.1, 0.15) is 6.04 Å². The molecule has 0 aliphatic heterocycles. The van der Waals surface area contributed by atoms with Crippen LogP contribution in [0.5, 0.6) is 5.75 Å². The Morgan fingerprint density at radius 2 is 2.00 bits per heavy atom. The Labute approximate surface area is 100.0 Å². The van der Waals surface area contributed by atoms with E-state index >= 15 is 0 Å². The van der Waals surface area contributed by atoms with Gasteiger partial charge in [-0.15, -0.1) is 0 Å². The predicted octanol–water partition coefficient (Wildman–Crippen LogP) is 1.37. The standard InChI is InChI=1S/C12H17NO4/c1-8(2)17-12(15)9(3)13-7-5-6-10(16-4)11(13)14/h5-9H,1-4H3. The summed E-state index contributed by atoms with van der Waals surface area (Å²) in [5.41, 5.74) is -0.344. The highest BCUT2D eigenvalue weighted by atomic mass is 16.5. The van der Waals surface area contributed by atoms with Crippen LogP contribution in [0.2, 0.25) is 0 Å². The number of ether oxygens (including phenoxy) is 2. The fourth-order valence-electron chi connectivity index (χ4n) is 1.39. The van der Waals surface area contributed by atoms with Crippen molar-refractivity contribution >= 4 is 5.97 Å². The van der Waals surface area contributed by atoms with Crippen molar-refractivity contribution in [3.8, 4) is 5.75 Å². The van der Waals surface area contributed by atoms with Gasteiger partial charge in [0.05, 0.1) is 13.2 Å². The van der Waals surface area contributed by atoms with Crippen LogP contribution in [0.1, 0.15) is 26.8 Å². The predicted molar refractivity (Wildman–Crippen MR) is 63.2 cm³/mol. The third-order valence-electron chi connectivity index (χ3n) is 2.27. The highest BCUT2D eigenvalue weighted by Gasteiger charge is 2.19. The molecule has 0 amide bonds. The molecule has 5 heteroatoms. The molecule has 0 aliphatic carbocycles. The van der Waals surface area contributed by atoms with E-state index in [0.29, 0.717) is 0 Å². The lowest BCUT2D eigenvalue weighted by atomic mass is 10.3. The van der Waals surface area contributed by atoms with Gasteiger partial charge in [-0.1, -0.05) is 0 Å². The Morgan fingerprint density at radius 1 is 1.35 bits per heavy atom. The first-order valence-electron chi connectivity index (χ1n) is 5.43. The van der Waals surface area contributed by atoms with Crippen molar-refractivity contribution in [2.45, 2.75) is 32.9 Å². The number of nitrogens with zero attached hydrogens (tertiary/aromatic N) is 1. The van der Waals surface area contributed by atoms with E-state index in [9.17, 15) is 9.59 Å². The number of pyridine rings is 1. The maximum Gasteiger partial charge on any atom is 0.329 e. The summed E-state index contributed by atoms with van der Waals surface area (Å²) < 4.78 is 11.3. The van der Waals surface area contributed by atoms with Crippen molar-refractivity contribution in [2.24, 2.45) is 0 Å². The molecule has 0 aromatic carbocycles. The minimum Gasteiger partial charge on any atom is -0.491 e. The summed E-state index contributed by atoms with van der Waals surface area (Å²) in [5.74, 6) is -0.230. The first-order chi connectivity index (χ1) is 7.97. The van der Waals surface area contributed by atoms with Crippen molar-refractivity contribution in [1.29, 1.82) is 0 Å². The second kappa shape index (κ2) is 5.52. The zero-order chi connectivity index (χ0) is 13.0. The molecule has 94 valence electrons. The molecule has 0 saturated carbocycles. The van der Waals surface area contributed by atoms with Crippen LogP contribution < -0.4 is 10.3 Å². The first-order valence-corrected chi connectivity index (χ1v) is 5.43. The van der Waals surface area contributed by atoms with Crippen molar-refractivity contribution in [2.75, 3.05) is 7.11 Å². The van der Waals surface area contributed by atoms with Crippen LogP contribution in [-0.4, -0.2) is 23.8 Å². The summed E-state index contributed by atoms with van der Waals surface area (Å²) in [4.78, 5) is 23.5. The van der Waals surface area contributed by atoms with Crippen LogP contribution in [0.4, 0.5) is 0 Å². The molecule has 1 aromatic rings. The topological polar surface area (TPSA) is 57.5 Å². The number of rotatable bonds is 4. The molecule has 5 nitrogen and oxygen atoms in total. The number of esters is 1. The van der Waals surface area contributed by atoms with E-state index in [2.05, 4.69) is 0 Å². The highest BCUT2D eigenvalue weighted by molar-refractivity contribution is 5.73. The van der Waals surface area contributed by atoms with Gasteiger partial charge in [-0.25, -0.2) is 4.79 Å². The van der Waals surface area contributed by atoms with Crippen molar-refractivity contribution in [3.05, 3.63) is 28.7 Å². The van der Waals surface area contributed by atoms with E-state index in [4.69, 9.17) is 9.47 Å². The third kappa shape index (κ3) is 3.09. The molecular formula is C12H17NO4. The van der Waals surface area contributed by atoms with Crippen LogP contribution in [0.25, 0.3) is 0 Å². The van der Waals surface area contributed by atoms with Gasteiger partial charge in [-0.05, 0) is 32.9 Å². The Bertz CT molecular complexity index is 450. The molecule has 0 spiro atoms. The Kier molecular flexibility index (Phi) is 4.31. The van der Waals surface area contributed by atoms with E-state index in [1.165, 1.54) is 17.9 Å². The number of methoxy groups -OCH3 is 1. The van der Waals surface area contributed by atoms with Crippen LogP contribution in [0.3, 0.4) is 0 Å². The molecule has 0 radical (unpaired) electrons. The molecule has 0 bridgehead atoms. The van der Waals surface area contributed by atoms with Crippen LogP contribution in [-0.2, 0) is 9.53 Å². The molecule has 0 fully saturated rings. The Hall–Kier alpha value is -1.78. The van der Waals surface area contributed by atoms with Gasteiger partial charge in [0.2, 0.25) is 0 Å². The fraction of sp³-hybridized carbons (Fsp3) is 0.500.